The third kappa shape index (κ3) is 7.25. The molecule has 0 fully saturated rings. The Labute approximate surface area is 169 Å². The number of rotatable bonds is 8. The smallest absolute Gasteiger partial charge is 0.191 e. The van der Waals surface area contributed by atoms with Crippen LogP contribution in [0.2, 0.25) is 0 Å². The number of hydrogen-bond acceptors (Lipinski definition) is 3. The molecule has 0 bridgehead atoms. The molecule has 0 spiro atoms. The third-order valence-corrected chi connectivity index (χ3v) is 3.92. The molecule has 0 aliphatic carbocycles. The fraction of sp³-hybridized carbons (Fsp3) is 0.545. The van der Waals surface area contributed by atoms with E-state index in [4.69, 9.17) is 9.73 Å². The van der Waals surface area contributed by atoms with Crippen LogP contribution in [0.15, 0.2) is 41.7 Å². The lowest BCUT2D eigenvalue weighted by Gasteiger charge is -2.23. The standard InChI is InChI=1S/C22H35N5O/c1-7-23-21(26-15-20-24-12-13-27(20)16-17(2)3)25-14-18-10-8-9-11-19(18)28-22(4,5)6/h8-13,17H,7,14-16H2,1-6H3,(H2,23,25,26). The van der Waals surface area contributed by atoms with Crippen LogP contribution in [-0.2, 0) is 19.6 Å². The van der Waals surface area contributed by atoms with Crippen LogP contribution in [0, 0.1) is 5.92 Å². The summed E-state index contributed by atoms with van der Waals surface area (Å²) in [6, 6.07) is 8.07. The molecule has 2 rings (SSSR count). The molecule has 0 saturated carbocycles. The van der Waals surface area contributed by atoms with Crippen molar-refractivity contribution in [2.75, 3.05) is 6.54 Å². The van der Waals surface area contributed by atoms with Gasteiger partial charge in [0.05, 0.1) is 13.1 Å². The van der Waals surface area contributed by atoms with E-state index in [9.17, 15) is 0 Å². The lowest BCUT2D eigenvalue weighted by Crippen LogP contribution is -2.37. The molecule has 0 unspecified atom stereocenters. The maximum Gasteiger partial charge on any atom is 0.191 e. The van der Waals surface area contributed by atoms with Crippen molar-refractivity contribution < 1.29 is 4.74 Å². The second kappa shape index (κ2) is 10.2. The summed E-state index contributed by atoms with van der Waals surface area (Å²) >= 11 is 0. The first-order valence-electron chi connectivity index (χ1n) is 10.1. The Balaban J connectivity index is 2.06. The largest absolute Gasteiger partial charge is 0.488 e. The first-order chi connectivity index (χ1) is 13.3. The number of aromatic nitrogens is 2. The predicted octanol–water partition coefficient (Wildman–Crippen LogP) is 3.97. The Kier molecular flexibility index (Phi) is 7.91. The van der Waals surface area contributed by atoms with Crippen LogP contribution in [-0.4, -0.2) is 27.7 Å². The minimum Gasteiger partial charge on any atom is -0.488 e. The molecule has 6 nitrogen and oxygen atoms in total. The molecule has 6 heteroatoms. The van der Waals surface area contributed by atoms with Gasteiger partial charge in [0.1, 0.15) is 17.2 Å². The Hall–Kier alpha value is -2.50. The zero-order valence-corrected chi connectivity index (χ0v) is 18.1. The van der Waals surface area contributed by atoms with E-state index in [1.165, 1.54) is 0 Å². The van der Waals surface area contributed by atoms with Crippen molar-refractivity contribution in [1.82, 2.24) is 20.2 Å². The molecule has 1 heterocycles. The van der Waals surface area contributed by atoms with Crippen molar-refractivity contribution in [3.8, 4) is 5.75 Å². The minimum atomic E-state index is -0.240. The van der Waals surface area contributed by atoms with Gasteiger partial charge in [0.15, 0.2) is 5.96 Å². The molecule has 2 aromatic rings. The maximum absolute atomic E-state index is 6.07. The molecule has 0 saturated heterocycles. The number of nitrogens with one attached hydrogen (secondary N) is 2. The molecule has 0 amide bonds. The number of guanidine groups is 1. The van der Waals surface area contributed by atoms with Gasteiger partial charge in [-0.2, -0.15) is 0 Å². The first-order valence-corrected chi connectivity index (χ1v) is 10.1. The highest BCUT2D eigenvalue weighted by Gasteiger charge is 2.14. The molecule has 2 N–H and O–H groups in total. The van der Waals surface area contributed by atoms with Gasteiger partial charge in [-0.1, -0.05) is 32.0 Å². The van der Waals surface area contributed by atoms with E-state index in [0.717, 1.165) is 36.2 Å². The fourth-order valence-electron chi connectivity index (χ4n) is 2.80. The van der Waals surface area contributed by atoms with E-state index >= 15 is 0 Å². The Morgan fingerprint density at radius 1 is 1.21 bits per heavy atom. The van der Waals surface area contributed by atoms with E-state index in [1.807, 2.05) is 30.6 Å². The van der Waals surface area contributed by atoms with Crippen molar-refractivity contribution in [3.63, 3.8) is 0 Å². The average Bonchev–Trinajstić information content (AvgIpc) is 3.03. The van der Waals surface area contributed by atoms with Gasteiger partial charge < -0.3 is 19.9 Å². The van der Waals surface area contributed by atoms with Gasteiger partial charge in [-0.25, -0.2) is 9.98 Å². The molecule has 0 radical (unpaired) electrons. The van der Waals surface area contributed by atoms with Crippen LogP contribution in [0.4, 0.5) is 0 Å². The topological polar surface area (TPSA) is 63.5 Å². The minimum absolute atomic E-state index is 0.240. The number of hydrogen-bond donors (Lipinski definition) is 2. The summed E-state index contributed by atoms with van der Waals surface area (Å²) in [6.45, 7) is 15.6. The summed E-state index contributed by atoms with van der Waals surface area (Å²) in [6.07, 6.45) is 3.88. The van der Waals surface area contributed by atoms with Crippen LogP contribution in [0.3, 0.4) is 0 Å². The number of aliphatic imine (C=N–C) groups is 1. The van der Waals surface area contributed by atoms with Crippen molar-refractivity contribution in [2.24, 2.45) is 10.9 Å². The number of benzene rings is 1. The summed E-state index contributed by atoms with van der Waals surface area (Å²) in [4.78, 5) is 9.21. The number of para-hydroxylation sites is 1. The number of nitrogens with zero attached hydrogens (tertiary/aromatic N) is 3. The molecule has 1 aromatic heterocycles. The second-order valence-electron chi connectivity index (χ2n) is 8.26. The van der Waals surface area contributed by atoms with Gasteiger partial charge in [-0.05, 0) is 39.7 Å². The van der Waals surface area contributed by atoms with E-state index < -0.39 is 0 Å². The van der Waals surface area contributed by atoms with Gasteiger partial charge >= 0.3 is 0 Å². The predicted molar refractivity (Wildman–Crippen MR) is 116 cm³/mol. The summed E-state index contributed by atoms with van der Waals surface area (Å²) < 4.78 is 8.26. The Morgan fingerprint density at radius 3 is 2.64 bits per heavy atom. The third-order valence-electron chi connectivity index (χ3n) is 3.92. The van der Waals surface area contributed by atoms with Gasteiger partial charge in [0.25, 0.3) is 0 Å². The van der Waals surface area contributed by atoms with Crippen LogP contribution < -0.4 is 15.4 Å². The molecule has 0 atom stereocenters. The van der Waals surface area contributed by atoms with Crippen molar-refractivity contribution in [1.29, 1.82) is 0 Å². The Morgan fingerprint density at radius 2 is 1.96 bits per heavy atom. The SMILES string of the molecule is CCNC(=NCc1ccccc1OC(C)(C)C)NCc1nccn1CC(C)C. The Bertz CT molecular complexity index is 758. The zero-order valence-electron chi connectivity index (χ0n) is 18.1. The molecular formula is C22H35N5O. The van der Waals surface area contributed by atoms with Crippen LogP contribution in [0.5, 0.6) is 5.75 Å². The van der Waals surface area contributed by atoms with Crippen molar-refractivity contribution in [3.05, 3.63) is 48.0 Å². The zero-order chi connectivity index (χ0) is 20.6. The van der Waals surface area contributed by atoms with Gasteiger partial charge in [-0.15, -0.1) is 0 Å². The quantitative estimate of drug-likeness (QED) is 0.533. The van der Waals surface area contributed by atoms with Gasteiger partial charge in [0, 0.05) is 31.0 Å². The highest BCUT2D eigenvalue weighted by atomic mass is 16.5. The highest BCUT2D eigenvalue weighted by Crippen LogP contribution is 2.23. The van der Waals surface area contributed by atoms with E-state index in [-0.39, 0.29) is 5.60 Å². The summed E-state index contributed by atoms with van der Waals surface area (Å²) in [5, 5.41) is 6.69. The van der Waals surface area contributed by atoms with Gasteiger partial charge in [0.2, 0.25) is 0 Å². The molecule has 154 valence electrons. The number of imidazole rings is 1. The van der Waals surface area contributed by atoms with Crippen LogP contribution in [0.25, 0.3) is 0 Å². The summed E-state index contributed by atoms with van der Waals surface area (Å²) in [7, 11) is 0. The van der Waals surface area contributed by atoms with E-state index in [0.29, 0.717) is 19.0 Å². The van der Waals surface area contributed by atoms with Crippen LogP contribution >= 0.6 is 0 Å². The monoisotopic (exact) mass is 385 g/mol. The molecular weight excluding hydrogens is 350 g/mol. The van der Waals surface area contributed by atoms with E-state index in [1.54, 1.807) is 0 Å². The molecule has 0 aliphatic rings. The maximum atomic E-state index is 6.07. The lowest BCUT2D eigenvalue weighted by molar-refractivity contribution is 0.129. The van der Waals surface area contributed by atoms with Crippen molar-refractivity contribution in [2.45, 2.75) is 66.8 Å². The first kappa shape index (κ1) is 21.8. The van der Waals surface area contributed by atoms with E-state index in [2.05, 4.69) is 67.8 Å². The molecule has 0 aliphatic heterocycles. The fourth-order valence-corrected chi connectivity index (χ4v) is 2.80. The normalized spacial score (nSPS) is 12.3. The van der Waals surface area contributed by atoms with Gasteiger partial charge in [-0.3, -0.25) is 0 Å². The summed E-state index contributed by atoms with van der Waals surface area (Å²) in [5.41, 5.74) is 0.826. The lowest BCUT2D eigenvalue weighted by atomic mass is 10.1. The highest BCUT2D eigenvalue weighted by molar-refractivity contribution is 5.79. The van der Waals surface area contributed by atoms with Crippen LogP contribution in [0.1, 0.15) is 52.9 Å². The van der Waals surface area contributed by atoms with Crippen molar-refractivity contribution >= 4 is 5.96 Å². The summed E-state index contributed by atoms with van der Waals surface area (Å²) in [5.74, 6) is 3.24. The second-order valence-corrected chi connectivity index (χ2v) is 8.26. The molecule has 28 heavy (non-hydrogen) atoms. The average molecular weight is 386 g/mol. The number of ether oxygens (including phenoxy) is 1. The molecule has 1 aromatic carbocycles.